The first-order valence-corrected chi connectivity index (χ1v) is 8.29. The molecular formula is C12H28N2O2S. The Kier molecular flexibility index (Phi) is 7.28. The van der Waals surface area contributed by atoms with Gasteiger partial charge < -0.3 is 10.2 Å². The summed E-state index contributed by atoms with van der Waals surface area (Å²) in [5.74, 6) is 0.238. The molecule has 0 fully saturated rings. The van der Waals surface area contributed by atoms with E-state index in [1.807, 2.05) is 7.05 Å². The molecule has 0 atom stereocenters. The third-order valence-electron chi connectivity index (χ3n) is 2.57. The van der Waals surface area contributed by atoms with Gasteiger partial charge >= 0.3 is 0 Å². The van der Waals surface area contributed by atoms with E-state index in [1.54, 1.807) is 0 Å². The van der Waals surface area contributed by atoms with Crippen LogP contribution in [0, 0.1) is 5.41 Å². The van der Waals surface area contributed by atoms with Gasteiger partial charge in [0.1, 0.15) is 9.84 Å². The number of rotatable bonds is 9. The van der Waals surface area contributed by atoms with Crippen molar-refractivity contribution in [2.24, 2.45) is 5.41 Å². The van der Waals surface area contributed by atoms with Crippen molar-refractivity contribution in [3.8, 4) is 0 Å². The van der Waals surface area contributed by atoms with Crippen LogP contribution in [0.25, 0.3) is 0 Å². The van der Waals surface area contributed by atoms with Gasteiger partial charge in [-0.1, -0.05) is 20.8 Å². The molecule has 0 saturated carbocycles. The summed E-state index contributed by atoms with van der Waals surface area (Å²) >= 11 is 0. The van der Waals surface area contributed by atoms with Crippen molar-refractivity contribution in [3.05, 3.63) is 0 Å². The molecule has 0 aliphatic rings. The van der Waals surface area contributed by atoms with Gasteiger partial charge in [-0.3, -0.25) is 0 Å². The second kappa shape index (κ2) is 7.34. The zero-order chi connectivity index (χ0) is 13.5. The van der Waals surface area contributed by atoms with Gasteiger partial charge in [0.2, 0.25) is 0 Å². The SMILES string of the molecule is CCCNCC(C)(C)CN(C)CCS(C)(=O)=O. The lowest BCUT2D eigenvalue weighted by Gasteiger charge is -2.30. The van der Waals surface area contributed by atoms with Gasteiger partial charge in [-0.15, -0.1) is 0 Å². The molecule has 1 N–H and O–H groups in total. The van der Waals surface area contributed by atoms with E-state index in [9.17, 15) is 8.42 Å². The summed E-state index contributed by atoms with van der Waals surface area (Å²) in [6, 6.07) is 0. The third kappa shape index (κ3) is 10.7. The maximum Gasteiger partial charge on any atom is 0.148 e. The largest absolute Gasteiger partial charge is 0.316 e. The first-order chi connectivity index (χ1) is 7.66. The fraction of sp³-hybridized carbons (Fsp3) is 1.00. The molecule has 0 spiro atoms. The lowest BCUT2D eigenvalue weighted by atomic mass is 9.93. The van der Waals surface area contributed by atoms with E-state index >= 15 is 0 Å². The molecule has 0 amide bonds. The molecule has 17 heavy (non-hydrogen) atoms. The molecule has 0 aliphatic heterocycles. The van der Waals surface area contributed by atoms with Crippen LogP contribution in [-0.4, -0.2) is 58.6 Å². The van der Waals surface area contributed by atoms with E-state index in [0.29, 0.717) is 6.54 Å². The van der Waals surface area contributed by atoms with Crippen LogP contribution in [0.1, 0.15) is 27.2 Å². The highest BCUT2D eigenvalue weighted by atomic mass is 32.2. The van der Waals surface area contributed by atoms with Gasteiger partial charge in [0.15, 0.2) is 0 Å². The normalized spacial score (nSPS) is 13.3. The average Bonchev–Trinajstić information content (AvgIpc) is 2.13. The number of nitrogens with zero attached hydrogens (tertiary/aromatic N) is 1. The maximum atomic E-state index is 11.1. The fourth-order valence-electron chi connectivity index (χ4n) is 1.79. The molecular weight excluding hydrogens is 236 g/mol. The molecule has 5 heteroatoms. The Labute approximate surface area is 107 Å². The van der Waals surface area contributed by atoms with Crippen LogP contribution in [0.5, 0.6) is 0 Å². The van der Waals surface area contributed by atoms with Gasteiger partial charge in [0.25, 0.3) is 0 Å². The number of sulfone groups is 1. The van der Waals surface area contributed by atoms with Crippen molar-refractivity contribution < 1.29 is 8.42 Å². The Balaban J connectivity index is 3.95. The summed E-state index contributed by atoms with van der Waals surface area (Å²) in [5, 5.41) is 3.41. The Bertz CT molecular complexity index is 300. The number of hydrogen-bond donors (Lipinski definition) is 1. The van der Waals surface area contributed by atoms with Gasteiger partial charge in [0, 0.05) is 25.9 Å². The Morgan fingerprint density at radius 1 is 1.29 bits per heavy atom. The van der Waals surface area contributed by atoms with Crippen LogP contribution in [0.15, 0.2) is 0 Å². The van der Waals surface area contributed by atoms with Crippen molar-refractivity contribution in [1.29, 1.82) is 0 Å². The monoisotopic (exact) mass is 264 g/mol. The topological polar surface area (TPSA) is 49.4 Å². The second-order valence-electron chi connectivity index (χ2n) is 5.71. The second-order valence-corrected chi connectivity index (χ2v) is 7.97. The van der Waals surface area contributed by atoms with Crippen molar-refractivity contribution >= 4 is 9.84 Å². The molecule has 0 aromatic heterocycles. The van der Waals surface area contributed by atoms with E-state index in [0.717, 1.165) is 26.1 Å². The van der Waals surface area contributed by atoms with Crippen molar-refractivity contribution in [2.45, 2.75) is 27.2 Å². The summed E-state index contributed by atoms with van der Waals surface area (Å²) in [5.41, 5.74) is 0.168. The lowest BCUT2D eigenvalue weighted by molar-refractivity contribution is 0.212. The van der Waals surface area contributed by atoms with Crippen LogP contribution in [0.2, 0.25) is 0 Å². The third-order valence-corrected chi connectivity index (χ3v) is 3.50. The van der Waals surface area contributed by atoms with Crippen LogP contribution >= 0.6 is 0 Å². The van der Waals surface area contributed by atoms with Crippen LogP contribution in [0.3, 0.4) is 0 Å². The smallest absolute Gasteiger partial charge is 0.148 e. The fourth-order valence-corrected chi connectivity index (χ4v) is 2.43. The van der Waals surface area contributed by atoms with E-state index in [1.165, 1.54) is 6.26 Å². The molecule has 0 aliphatic carbocycles. The average molecular weight is 264 g/mol. The quantitative estimate of drug-likeness (QED) is 0.631. The number of hydrogen-bond acceptors (Lipinski definition) is 4. The highest BCUT2D eigenvalue weighted by Gasteiger charge is 2.20. The molecule has 0 rings (SSSR count). The molecule has 0 unspecified atom stereocenters. The first-order valence-electron chi connectivity index (χ1n) is 6.23. The Morgan fingerprint density at radius 2 is 1.88 bits per heavy atom. The predicted molar refractivity (Wildman–Crippen MR) is 74.1 cm³/mol. The summed E-state index contributed by atoms with van der Waals surface area (Å²) in [6.45, 7) is 10.1. The summed E-state index contributed by atoms with van der Waals surface area (Å²) < 4.78 is 22.1. The molecule has 0 radical (unpaired) electrons. The van der Waals surface area contributed by atoms with Crippen LogP contribution in [-0.2, 0) is 9.84 Å². The van der Waals surface area contributed by atoms with Crippen molar-refractivity contribution in [1.82, 2.24) is 10.2 Å². The highest BCUT2D eigenvalue weighted by molar-refractivity contribution is 7.90. The van der Waals surface area contributed by atoms with E-state index in [2.05, 4.69) is 31.0 Å². The van der Waals surface area contributed by atoms with Crippen LogP contribution in [0.4, 0.5) is 0 Å². The van der Waals surface area contributed by atoms with Crippen molar-refractivity contribution in [2.75, 3.05) is 45.2 Å². The van der Waals surface area contributed by atoms with Crippen molar-refractivity contribution in [3.63, 3.8) is 0 Å². The molecule has 0 bridgehead atoms. The molecule has 0 aromatic rings. The molecule has 0 aromatic carbocycles. The van der Waals surface area contributed by atoms with E-state index in [4.69, 9.17) is 0 Å². The minimum Gasteiger partial charge on any atom is -0.316 e. The zero-order valence-electron chi connectivity index (χ0n) is 11.9. The molecule has 0 saturated heterocycles. The van der Waals surface area contributed by atoms with Crippen LogP contribution < -0.4 is 5.32 Å². The minimum atomic E-state index is -2.85. The molecule has 4 nitrogen and oxygen atoms in total. The van der Waals surface area contributed by atoms with Gasteiger partial charge in [-0.25, -0.2) is 8.42 Å². The summed E-state index contributed by atoms with van der Waals surface area (Å²) in [7, 11) is -0.874. The summed E-state index contributed by atoms with van der Waals surface area (Å²) in [6.07, 6.45) is 2.43. The van der Waals surface area contributed by atoms with Gasteiger partial charge in [-0.05, 0) is 25.4 Å². The highest BCUT2D eigenvalue weighted by Crippen LogP contribution is 2.14. The Morgan fingerprint density at radius 3 is 2.35 bits per heavy atom. The van der Waals surface area contributed by atoms with Gasteiger partial charge in [-0.2, -0.15) is 0 Å². The zero-order valence-corrected chi connectivity index (χ0v) is 12.7. The minimum absolute atomic E-state index is 0.168. The first kappa shape index (κ1) is 16.9. The maximum absolute atomic E-state index is 11.1. The number of nitrogens with one attached hydrogen (secondary N) is 1. The van der Waals surface area contributed by atoms with Gasteiger partial charge in [0.05, 0.1) is 5.75 Å². The lowest BCUT2D eigenvalue weighted by Crippen LogP contribution is -2.40. The van der Waals surface area contributed by atoms with E-state index < -0.39 is 9.84 Å². The van der Waals surface area contributed by atoms with E-state index in [-0.39, 0.29) is 11.2 Å². The standard InChI is InChI=1S/C12H28N2O2S/c1-6-7-13-10-12(2,3)11-14(4)8-9-17(5,15)16/h13H,6-11H2,1-5H3. The molecule has 104 valence electrons. The molecule has 0 heterocycles. The predicted octanol–water partition coefficient (Wildman–Crippen LogP) is 0.989. The Hall–Kier alpha value is -0.130. The summed E-state index contributed by atoms with van der Waals surface area (Å²) in [4.78, 5) is 2.09.